The fourth-order valence-corrected chi connectivity index (χ4v) is 6.59. The minimum atomic E-state index is -2.43. The van der Waals surface area contributed by atoms with E-state index in [9.17, 15) is 4.79 Å². The monoisotopic (exact) mass is 470 g/mol. The van der Waals surface area contributed by atoms with Crippen LogP contribution in [0.1, 0.15) is 6.42 Å². The van der Waals surface area contributed by atoms with Gasteiger partial charge in [-0.1, -0.05) is 60.7 Å². The van der Waals surface area contributed by atoms with E-state index < -0.39 is 8.80 Å². The third-order valence-electron chi connectivity index (χ3n) is 5.54. The van der Waals surface area contributed by atoms with E-state index in [0.717, 1.165) is 18.2 Å². The van der Waals surface area contributed by atoms with Crippen molar-refractivity contribution in [1.82, 2.24) is 0 Å². The predicted molar refractivity (Wildman–Crippen MR) is 136 cm³/mol. The number of ether oxygens (including phenoxy) is 1. The fourth-order valence-electron chi connectivity index (χ4n) is 3.83. The Hall–Kier alpha value is -2.16. The number of hydrogen-bond acceptors (Lipinski definition) is 6. The molecule has 0 bridgehead atoms. The summed E-state index contributed by atoms with van der Waals surface area (Å²) in [6.45, 7) is 0. The number of methoxy groups -OCH3 is 1. The van der Waals surface area contributed by atoms with Crippen molar-refractivity contribution in [3.8, 4) is 0 Å². The Morgan fingerprint density at radius 1 is 0.750 bits per heavy atom. The molecule has 0 radical (unpaired) electrons. The minimum absolute atomic E-state index is 0.196. The maximum Gasteiger partial charge on any atom is 0.500 e. The van der Waals surface area contributed by atoms with Crippen LogP contribution in [0, 0.1) is 0 Å². The highest BCUT2D eigenvalue weighted by atomic mass is 32.2. The average molecular weight is 471 g/mol. The van der Waals surface area contributed by atoms with Crippen molar-refractivity contribution >= 4 is 58.9 Å². The molecule has 7 heteroatoms. The highest BCUT2D eigenvalue weighted by Gasteiger charge is 2.36. The van der Waals surface area contributed by atoms with Crippen LogP contribution in [0.2, 0.25) is 6.04 Å². The van der Waals surface area contributed by atoms with Gasteiger partial charge in [-0.15, -0.1) is 0 Å². The summed E-state index contributed by atoms with van der Waals surface area (Å²) in [6.07, 6.45) is 0.892. The van der Waals surface area contributed by atoms with Gasteiger partial charge in [-0.2, -0.15) is 11.8 Å². The fraction of sp³-hybridized carbons (Fsp3) is 0.320. The second kappa shape index (κ2) is 11.6. The third kappa shape index (κ3) is 5.60. The van der Waals surface area contributed by atoms with Crippen LogP contribution in [0.4, 0.5) is 0 Å². The van der Waals surface area contributed by atoms with E-state index in [1.807, 2.05) is 0 Å². The van der Waals surface area contributed by atoms with Gasteiger partial charge in [-0.25, -0.2) is 0 Å². The zero-order chi connectivity index (χ0) is 23.0. The Bertz CT molecular complexity index is 1010. The van der Waals surface area contributed by atoms with E-state index in [-0.39, 0.29) is 5.97 Å². The van der Waals surface area contributed by atoms with Gasteiger partial charge in [0.15, 0.2) is 0 Å². The number of carbonyl (C=O) groups is 1. The molecule has 0 N–H and O–H groups in total. The normalized spacial score (nSPS) is 11.6. The molecule has 0 heterocycles. The minimum Gasteiger partial charge on any atom is -0.468 e. The smallest absolute Gasteiger partial charge is 0.468 e. The van der Waals surface area contributed by atoms with Crippen LogP contribution in [0.5, 0.6) is 0 Å². The maximum atomic E-state index is 10.8. The molecule has 0 saturated heterocycles. The summed E-state index contributed by atoms with van der Waals surface area (Å²) in [6, 6.07) is 22.6. The van der Waals surface area contributed by atoms with Gasteiger partial charge in [-0.3, -0.25) is 4.79 Å². The van der Waals surface area contributed by atoms with Crippen LogP contribution in [-0.4, -0.2) is 54.7 Å². The lowest BCUT2D eigenvalue weighted by atomic mass is 9.95. The molecule has 0 saturated carbocycles. The summed E-state index contributed by atoms with van der Waals surface area (Å²) in [5, 5.41) is 8.14. The van der Waals surface area contributed by atoms with Gasteiger partial charge in [0.1, 0.15) is 0 Å². The van der Waals surface area contributed by atoms with Crippen LogP contribution in [0.15, 0.2) is 60.7 Å². The molecule has 0 spiro atoms. The summed E-state index contributed by atoms with van der Waals surface area (Å²) in [7, 11) is 3.75. The Morgan fingerprint density at radius 3 is 1.56 bits per heavy atom. The zero-order valence-corrected chi connectivity index (χ0v) is 20.9. The lowest BCUT2D eigenvalue weighted by Crippen LogP contribution is -2.42. The van der Waals surface area contributed by atoms with Crippen molar-refractivity contribution in [3.05, 3.63) is 60.7 Å². The van der Waals surface area contributed by atoms with Crippen LogP contribution in [0.3, 0.4) is 0 Å². The SMILES string of the molecule is COC(=O)CSCCC[Si](OC)(OC)OC.c1cc2ccc3cccc4ccc(c1)c2c34. The van der Waals surface area contributed by atoms with E-state index in [0.29, 0.717) is 5.75 Å². The molecule has 5 nitrogen and oxygen atoms in total. The molecular formula is C25H30O5SSi. The molecule has 4 aromatic carbocycles. The quantitative estimate of drug-likeness (QED) is 0.134. The zero-order valence-electron chi connectivity index (χ0n) is 19.1. The first-order chi connectivity index (χ1) is 15.6. The van der Waals surface area contributed by atoms with E-state index >= 15 is 0 Å². The Labute approximate surface area is 194 Å². The molecule has 4 rings (SSSR count). The lowest BCUT2D eigenvalue weighted by molar-refractivity contribution is -0.137. The van der Waals surface area contributed by atoms with Crippen molar-refractivity contribution in [2.45, 2.75) is 12.5 Å². The molecule has 4 aromatic rings. The first-order valence-corrected chi connectivity index (χ1v) is 13.6. The van der Waals surface area contributed by atoms with Gasteiger partial charge in [0, 0.05) is 27.4 Å². The molecule has 170 valence electrons. The number of hydrogen-bond donors (Lipinski definition) is 0. The van der Waals surface area contributed by atoms with Gasteiger partial charge in [0.25, 0.3) is 0 Å². The van der Waals surface area contributed by atoms with E-state index in [2.05, 4.69) is 65.4 Å². The van der Waals surface area contributed by atoms with Crippen molar-refractivity contribution in [2.75, 3.05) is 39.9 Å². The van der Waals surface area contributed by atoms with E-state index in [4.69, 9.17) is 13.3 Å². The first-order valence-electron chi connectivity index (χ1n) is 10.5. The van der Waals surface area contributed by atoms with Crippen molar-refractivity contribution in [2.24, 2.45) is 0 Å². The molecule has 32 heavy (non-hydrogen) atoms. The van der Waals surface area contributed by atoms with Crippen LogP contribution < -0.4 is 0 Å². The Kier molecular flexibility index (Phi) is 8.90. The van der Waals surface area contributed by atoms with Crippen molar-refractivity contribution in [3.63, 3.8) is 0 Å². The summed E-state index contributed by atoms with van der Waals surface area (Å²) in [4.78, 5) is 10.8. The second-order valence-corrected chi connectivity index (χ2v) is 11.5. The summed E-state index contributed by atoms with van der Waals surface area (Å²) in [5.74, 6) is 1.05. The molecule has 0 amide bonds. The van der Waals surface area contributed by atoms with Gasteiger partial charge in [0.05, 0.1) is 12.9 Å². The molecule has 0 fully saturated rings. The van der Waals surface area contributed by atoms with Crippen molar-refractivity contribution < 1.29 is 22.8 Å². The number of esters is 1. The van der Waals surface area contributed by atoms with Crippen LogP contribution >= 0.6 is 11.8 Å². The van der Waals surface area contributed by atoms with E-state index in [1.54, 1.807) is 21.3 Å². The number of thioether (sulfide) groups is 1. The van der Waals surface area contributed by atoms with Crippen LogP contribution in [0.25, 0.3) is 32.3 Å². The molecule has 0 aromatic heterocycles. The van der Waals surface area contributed by atoms with Gasteiger partial charge >= 0.3 is 14.8 Å². The van der Waals surface area contributed by atoms with Gasteiger partial charge in [-0.05, 0) is 44.5 Å². The molecule has 0 atom stereocenters. The first kappa shape index (κ1) is 24.5. The Balaban J connectivity index is 0.000000181. The summed E-state index contributed by atoms with van der Waals surface area (Å²) in [5.41, 5.74) is 0. The predicted octanol–water partition coefficient (Wildman–Crippen LogP) is 5.74. The largest absolute Gasteiger partial charge is 0.500 e. The molecule has 0 aliphatic heterocycles. The molecule has 0 aliphatic carbocycles. The van der Waals surface area contributed by atoms with Gasteiger partial charge < -0.3 is 18.0 Å². The maximum absolute atomic E-state index is 10.8. The molecule has 0 aliphatic rings. The van der Waals surface area contributed by atoms with E-state index in [1.165, 1.54) is 51.2 Å². The highest BCUT2D eigenvalue weighted by molar-refractivity contribution is 7.99. The number of rotatable bonds is 9. The topological polar surface area (TPSA) is 54.0 Å². The number of benzene rings is 4. The standard InChI is InChI=1S/C16H10.C9H20O5SSi/c1-3-11-7-9-13-5-2-6-14-10-8-12(4-1)15(11)16(13)14;1-11-9(10)8-15-6-5-7-16(12-2,13-3)14-4/h1-10H;5-8H2,1-4H3. The highest BCUT2D eigenvalue weighted by Crippen LogP contribution is 2.33. The lowest BCUT2D eigenvalue weighted by Gasteiger charge is -2.24. The number of carbonyl (C=O) groups excluding carboxylic acids is 1. The summed E-state index contributed by atoms with van der Waals surface area (Å²) >= 11 is 1.54. The third-order valence-corrected chi connectivity index (χ3v) is 9.39. The molecular weight excluding hydrogens is 440 g/mol. The second-order valence-electron chi connectivity index (χ2n) is 7.32. The van der Waals surface area contributed by atoms with Gasteiger partial charge in [0.2, 0.25) is 0 Å². The van der Waals surface area contributed by atoms with Crippen LogP contribution in [-0.2, 0) is 22.8 Å². The average Bonchev–Trinajstić information content (AvgIpc) is 2.85. The molecule has 0 unspecified atom stereocenters. The van der Waals surface area contributed by atoms with Crippen molar-refractivity contribution in [1.29, 1.82) is 0 Å². The summed E-state index contributed by atoms with van der Waals surface area (Å²) < 4.78 is 20.4. The Morgan fingerprint density at radius 2 is 1.19 bits per heavy atom.